The number of allylic oxidation sites excluding steroid dienone is 2. The fourth-order valence-corrected chi connectivity index (χ4v) is 4.05. The van der Waals surface area contributed by atoms with Crippen molar-refractivity contribution in [2.75, 3.05) is 5.43 Å². The van der Waals surface area contributed by atoms with Gasteiger partial charge < -0.3 is 0 Å². The molecule has 1 saturated carbocycles. The smallest absolute Gasteiger partial charge is 0.158 e. The second-order valence-corrected chi connectivity index (χ2v) is 6.74. The minimum Gasteiger partial charge on any atom is -0.261 e. The normalized spacial score (nSPS) is 26.0. The van der Waals surface area contributed by atoms with Gasteiger partial charge in [-0.3, -0.25) is 5.43 Å². The molecule has 2 aromatic heterocycles. The fraction of sp³-hybridized carbons (Fsp3) is 0.400. The van der Waals surface area contributed by atoms with Gasteiger partial charge in [-0.2, -0.15) is 5.10 Å². The highest BCUT2D eigenvalue weighted by atomic mass is 32.1. The van der Waals surface area contributed by atoms with Crippen molar-refractivity contribution in [3.63, 3.8) is 0 Å². The Morgan fingerprint density at radius 2 is 2.25 bits per heavy atom. The molecule has 2 aliphatic carbocycles. The van der Waals surface area contributed by atoms with Gasteiger partial charge >= 0.3 is 0 Å². The molecule has 2 unspecified atom stereocenters. The summed E-state index contributed by atoms with van der Waals surface area (Å²) in [5.41, 5.74) is 5.70. The Balaban J connectivity index is 1.65. The van der Waals surface area contributed by atoms with Gasteiger partial charge in [0, 0.05) is 16.5 Å². The van der Waals surface area contributed by atoms with E-state index in [-0.39, 0.29) is 0 Å². The molecule has 102 valence electrons. The molecule has 0 aliphatic heterocycles. The van der Waals surface area contributed by atoms with Crippen LogP contribution in [0.1, 0.15) is 23.3 Å². The summed E-state index contributed by atoms with van der Waals surface area (Å²) in [6.07, 6.45) is 8.43. The monoisotopic (exact) mass is 284 g/mol. The number of thiophene rings is 1. The van der Waals surface area contributed by atoms with Crippen molar-refractivity contribution in [2.24, 2.45) is 16.9 Å². The summed E-state index contributed by atoms with van der Waals surface area (Å²) in [6.45, 7) is 4.24. The van der Waals surface area contributed by atoms with E-state index in [9.17, 15) is 0 Å². The van der Waals surface area contributed by atoms with Gasteiger partial charge in [0.2, 0.25) is 0 Å². The van der Waals surface area contributed by atoms with Gasteiger partial charge in [0.1, 0.15) is 11.2 Å². The first kappa shape index (κ1) is 12.0. The number of hydrogen-bond donors (Lipinski definition) is 1. The van der Waals surface area contributed by atoms with E-state index in [0.717, 1.165) is 34.8 Å². The SMILES string of the molecule is Cc1sc2ncnc(N/N=C3\CC4C=CCC34)c2c1C. The minimum absolute atomic E-state index is 0.630. The van der Waals surface area contributed by atoms with Gasteiger partial charge in [-0.25, -0.2) is 9.97 Å². The van der Waals surface area contributed by atoms with Crippen LogP contribution >= 0.6 is 11.3 Å². The van der Waals surface area contributed by atoms with Crippen LogP contribution in [0.5, 0.6) is 0 Å². The summed E-state index contributed by atoms with van der Waals surface area (Å²) in [5, 5.41) is 5.69. The number of aryl methyl sites for hydroxylation is 2. The first-order valence-electron chi connectivity index (χ1n) is 6.94. The van der Waals surface area contributed by atoms with E-state index in [1.807, 2.05) is 0 Å². The molecule has 2 aliphatic rings. The molecule has 0 radical (unpaired) electrons. The maximum atomic E-state index is 4.58. The van der Waals surface area contributed by atoms with Crippen LogP contribution in [0.15, 0.2) is 23.6 Å². The van der Waals surface area contributed by atoms with Crippen LogP contribution in [0.3, 0.4) is 0 Å². The third-order valence-corrected chi connectivity index (χ3v) is 5.55. The fourth-order valence-electron chi connectivity index (χ4n) is 3.06. The predicted molar refractivity (Wildman–Crippen MR) is 83.3 cm³/mol. The lowest BCUT2D eigenvalue weighted by Crippen LogP contribution is -2.33. The lowest BCUT2D eigenvalue weighted by atomic mass is 9.74. The van der Waals surface area contributed by atoms with E-state index in [1.54, 1.807) is 17.7 Å². The lowest BCUT2D eigenvalue weighted by molar-refractivity contribution is 0.466. The molecular weight excluding hydrogens is 268 g/mol. The Morgan fingerprint density at radius 3 is 3.10 bits per heavy atom. The summed E-state index contributed by atoms with van der Waals surface area (Å²) in [5.74, 6) is 2.19. The molecule has 4 rings (SSSR count). The average molecular weight is 284 g/mol. The number of hydrazone groups is 1. The Bertz CT molecular complexity index is 744. The zero-order valence-corrected chi connectivity index (χ0v) is 12.4. The molecule has 2 heterocycles. The molecule has 20 heavy (non-hydrogen) atoms. The van der Waals surface area contributed by atoms with E-state index in [2.05, 4.69) is 46.5 Å². The van der Waals surface area contributed by atoms with Crippen molar-refractivity contribution < 1.29 is 0 Å². The second kappa shape index (κ2) is 4.38. The highest BCUT2D eigenvalue weighted by Crippen LogP contribution is 2.40. The lowest BCUT2D eigenvalue weighted by Gasteiger charge is -2.31. The topological polar surface area (TPSA) is 50.2 Å². The largest absolute Gasteiger partial charge is 0.261 e. The number of aromatic nitrogens is 2. The molecule has 4 nitrogen and oxygen atoms in total. The number of nitrogens with zero attached hydrogens (tertiary/aromatic N) is 3. The van der Waals surface area contributed by atoms with E-state index in [1.165, 1.54) is 16.2 Å². The molecule has 0 spiro atoms. The van der Waals surface area contributed by atoms with Crippen molar-refractivity contribution in [1.82, 2.24) is 9.97 Å². The van der Waals surface area contributed by atoms with Crippen LogP contribution in [0, 0.1) is 25.7 Å². The zero-order chi connectivity index (χ0) is 13.7. The Hall–Kier alpha value is -1.75. The third kappa shape index (κ3) is 1.69. The second-order valence-electron chi connectivity index (χ2n) is 5.54. The van der Waals surface area contributed by atoms with Crippen LogP contribution in [0.4, 0.5) is 5.82 Å². The quantitative estimate of drug-likeness (QED) is 0.676. The minimum atomic E-state index is 0.630. The summed E-state index contributed by atoms with van der Waals surface area (Å²) in [7, 11) is 0. The van der Waals surface area contributed by atoms with E-state index in [4.69, 9.17) is 0 Å². The van der Waals surface area contributed by atoms with Crippen molar-refractivity contribution in [3.8, 4) is 0 Å². The van der Waals surface area contributed by atoms with Crippen LogP contribution in [0.2, 0.25) is 0 Å². The first-order valence-corrected chi connectivity index (χ1v) is 7.75. The summed E-state index contributed by atoms with van der Waals surface area (Å²) in [4.78, 5) is 11.0. The molecule has 2 aromatic rings. The van der Waals surface area contributed by atoms with Gasteiger partial charge in [-0.05, 0) is 38.2 Å². The number of hydrogen-bond acceptors (Lipinski definition) is 5. The molecule has 0 aromatic carbocycles. The van der Waals surface area contributed by atoms with Gasteiger partial charge in [0.15, 0.2) is 5.82 Å². The van der Waals surface area contributed by atoms with Crippen LogP contribution in [-0.4, -0.2) is 15.7 Å². The molecule has 0 saturated heterocycles. The number of anilines is 1. The van der Waals surface area contributed by atoms with Crippen LogP contribution < -0.4 is 5.43 Å². The Morgan fingerprint density at radius 1 is 1.35 bits per heavy atom. The average Bonchev–Trinajstić information content (AvgIpc) is 2.93. The maximum absolute atomic E-state index is 4.58. The van der Waals surface area contributed by atoms with Gasteiger partial charge in [0.25, 0.3) is 0 Å². The molecule has 1 N–H and O–H groups in total. The van der Waals surface area contributed by atoms with Crippen LogP contribution in [0.25, 0.3) is 10.2 Å². The molecule has 0 amide bonds. The van der Waals surface area contributed by atoms with Gasteiger partial charge in [0.05, 0.1) is 5.39 Å². The van der Waals surface area contributed by atoms with Crippen molar-refractivity contribution in [2.45, 2.75) is 26.7 Å². The van der Waals surface area contributed by atoms with Crippen LogP contribution in [-0.2, 0) is 0 Å². The third-order valence-electron chi connectivity index (χ3n) is 4.43. The highest BCUT2D eigenvalue weighted by Gasteiger charge is 2.37. The van der Waals surface area contributed by atoms with E-state index >= 15 is 0 Å². The van der Waals surface area contributed by atoms with E-state index < -0.39 is 0 Å². The molecule has 1 fully saturated rings. The van der Waals surface area contributed by atoms with Crippen molar-refractivity contribution >= 4 is 33.1 Å². The van der Waals surface area contributed by atoms with Gasteiger partial charge in [-0.15, -0.1) is 11.3 Å². The van der Waals surface area contributed by atoms with Crippen molar-refractivity contribution in [3.05, 3.63) is 28.9 Å². The highest BCUT2D eigenvalue weighted by molar-refractivity contribution is 7.18. The summed E-state index contributed by atoms with van der Waals surface area (Å²) >= 11 is 1.71. The summed E-state index contributed by atoms with van der Waals surface area (Å²) in [6, 6.07) is 0. The summed E-state index contributed by atoms with van der Waals surface area (Å²) < 4.78 is 0. The number of rotatable bonds is 2. The molecular formula is C15H16N4S. The molecule has 5 heteroatoms. The van der Waals surface area contributed by atoms with E-state index in [0.29, 0.717) is 5.92 Å². The number of nitrogens with one attached hydrogen (secondary N) is 1. The zero-order valence-electron chi connectivity index (χ0n) is 11.6. The predicted octanol–water partition coefficient (Wildman–Crippen LogP) is 3.67. The molecule has 0 bridgehead atoms. The molecule has 2 atom stereocenters. The maximum Gasteiger partial charge on any atom is 0.158 e. The standard InChI is InChI=1S/C15H16N4S/c1-8-9(2)20-15-13(8)14(16-7-17-15)19-18-12-6-10-4-3-5-11(10)12/h3-4,7,10-11H,5-6H2,1-2H3,(H,16,17,19)/b18-12+. The Kier molecular flexibility index (Phi) is 2.63. The van der Waals surface area contributed by atoms with Crippen molar-refractivity contribution in [1.29, 1.82) is 0 Å². The number of fused-ring (bicyclic) bond motifs is 2. The van der Waals surface area contributed by atoms with Gasteiger partial charge in [-0.1, -0.05) is 12.2 Å². The Labute approximate surface area is 121 Å². The first-order chi connectivity index (χ1) is 9.74.